The summed E-state index contributed by atoms with van der Waals surface area (Å²) in [7, 11) is 0. The number of aliphatic hydroxyl groups is 1. The highest BCUT2D eigenvalue weighted by atomic mass is 16.3. The molecule has 1 aromatic rings. The van der Waals surface area contributed by atoms with Crippen molar-refractivity contribution >= 4 is 5.69 Å². The summed E-state index contributed by atoms with van der Waals surface area (Å²) in [6.07, 6.45) is 12.5. The molecule has 5 rings (SSSR count). The van der Waals surface area contributed by atoms with E-state index in [9.17, 15) is 5.11 Å². The number of fused-ring (bicyclic) bond motifs is 4. The van der Waals surface area contributed by atoms with Gasteiger partial charge in [0.15, 0.2) is 0 Å². The zero-order valence-electron chi connectivity index (χ0n) is 25.9. The summed E-state index contributed by atoms with van der Waals surface area (Å²) in [6, 6.07) is 11.3. The molecule has 0 aliphatic heterocycles. The summed E-state index contributed by atoms with van der Waals surface area (Å²) in [6.45, 7) is 20.0. The predicted molar refractivity (Wildman–Crippen MR) is 162 cm³/mol. The Bertz CT molecular complexity index is 1030. The Kier molecular flexibility index (Phi) is 7.41. The van der Waals surface area contributed by atoms with Crippen molar-refractivity contribution in [3.63, 3.8) is 0 Å². The second-order valence-corrected chi connectivity index (χ2v) is 15.7. The molecule has 0 saturated heterocycles. The van der Waals surface area contributed by atoms with E-state index in [4.69, 9.17) is 0 Å². The Morgan fingerprint density at radius 3 is 2.24 bits per heavy atom. The van der Waals surface area contributed by atoms with Crippen molar-refractivity contribution < 1.29 is 5.11 Å². The second-order valence-electron chi connectivity index (χ2n) is 15.7. The number of nitrogens with one attached hydrogen (secondary N) is 1. The lowest BCUT2D eigenvalue weighted by Crippen LogP contribution is -2.55. The minimum absolute atomic E-state index is 0.0284. The number of para-hydroxylation sites is 1. The van der Waals surface area contributed by atoms with Gasteiger partial charge in [-0.1, -0.05) is 84.7 Å². The van der Waals surface area contributed by atoms with Gasteiger partial charge >= 0.3 is 0 Å². The van der Waals surface area contributed by atoms with Crippen molar-refractivity contribution in [3.8, 4) is 0 Å². The molecule has 212 valence electrons. The van der Waals surface area contributed by atoms with E-state index in [1.807, 2.05) is 11.1 Å². The molecule has 1 aromatic carbocycles. The molecule has 0 bridgehead atoms. The Morgan fingerprint density at radius 1 is 0.842 bits per heavy atom. The van der Waals surface area contributed by atoms with Crippen molar-refractivity contribution in [2.75, 3.05) is 5.32 Å². The van der Waals surface area contributed by atoms with Gasteiger partial charge in [-0.25, -0.2) is 0 Å². The number of rotatable bonds is 7. The molecule has 2 saturated carbocycles. The minimum atomic E-state index is -0.144. The maximum Gasteiger partial charge on any atom is 0.0594 e. The summed E-state index contributed by atoms with van der Waals surface area (Å²) in [4.78, 5) is 0. The first-order valence-electron chi connectivity index (χ1n) is 16.1. The Labute approximate surface area is 234 Å². The van der Waals surface area contributed by atoms with Crippen molar-refractivity contribution in [3.05, 3.63) is 41.5 Å². The Hall–Kier alpha value is -1.28. The minimum Gasteiger partial charge on any atom is -0.393 e. The average Bonchev–Trinajstić information content (AvgIpc) is 3.16. The van der Waals surface area contributed by atoms with Gasteiger partial charge in [0.2, 0.25) is 0 Å². The van der Waals surface area contributed by atoms with E-state index in [0.717, 1.165) is 18.3 Å². The Balaban J connectivity index is 1.34. The van der Waals surface area contributed by atoms with E-state index >= 15 is 0 Å². The quantitative estimate of drug-likeness (QED) is 0.351. The van der Waals surface area contributed by atoms with Gasteiger partial charge in [-0.05, 0) is 122 Å². The van der Waals surface area contributed by atoms with Crippen LogP contribution in [0.3, 0.4) is 0 Å². The molecule has 4 aliphatic rings. The van der Waals surface area contributed by atoms with E-state index in [2.05, 4.69) is 91.0 Å². The van der Waals surface area contributed by atoms with E-state index in [1.165, 1.54) is 63.5 Å². The number of hydrogen-bond acceptors (Lipinski definition) is 2. The van der Waals surface area contributed by atoms with Gasteiger partial charge in [-0.2, -0.15) is 0 Å². The molecule has 0 radical (unpaired) electrons. The molecule has 38 heavy (non-hydrogen) atoms. The van der Waals surface area contributed by atoms with Crippen LogP contribution in [-0.4, -0.2) is 17.3 Å². The van der Waals surface area contributed by atoms with Crippen LogP contribution in [0, 0.1) is 45.3 Å². The second kappa shape index (κ2) is 9.97. The molecule has 0 spiro atoms. The van der Waals surface area contributed by atoms with Gasteiger partial charge < -0.3 is 10.4 Å². The molecule has 8 atom stereocenters. The SMILES string of the molecule is CC(C)C(CCC(C)C1CCC2(C)C3=C(CCC12C)C1(C)CCC(O)C(C)(C)C1CC3)Nc1ccccc1. The fourth-order valence-corrected chi connectivity index (χ4v) is 10.6. The van der Waals surface area contributed by atoms with E-state index in [0.29, 0.717) is 28.7 Å². The van der Waals surface area contributed by atoms with Crippen LogP contribution >= 0.6 is 0 Å². The lowest BCUT2D eigenvalue weighted by atomic mass is 9.43. The van der Waals surface area contributed by atoms with Crippen LogP contribution < -0.4 is 5.32 Å². The molecule has 0 aromatic heterocycles. The third kappa shape index (κ3) is 4.31. The summed E-state index contributed by atoms with van der Waals surface area (Å²) in [5.74, 6) is 2.83. The third-order valence-electron chi connectivity index (χ3n) is 13.3. The van der Waals surface area contributed by atoms with E-state index in [-0.39, 0.29) is 16.9 Å². The fraction of sp³-hybridized carbons (Fsp3) is 0.778. The molecule has 0 amide bonds. The molecule has 8 unspecified atom stereocenters. The van der Waals surface area contributed by atoms with Gasteiger partial charge in [0, 0.05) is 11.7 Å². The molecular formula is C36H57NO. The number of benzene rings is 1. The molecule has 2 fully saturated rings. The molecule has 2 nitrogen and oxygen atoms in total. The highest BCUT2D eigenvalue weighted by molar-refractivity contribution is 5.43. The number of hydrogen-bond donors (Lipinski definition) is 2. The summed E-state index contributed by atoms with van der Waals surface area (Å²) in [5.41, 5.74) is 6.06. The van der Waals surface area contributed by atoms with Crippen LogP contribution in [0.5, 0.6) is 0 Å². The third-order valence-corrected chi connectivity index (χ3v) is 13.3. The largest absolute Gasteiger partial charge is 0.393 e. The first-order valence-corrected chi connectivity index (χ1v) is 16.1. The maximum atomic E-state index is 10.9. The first kappa shape index (κ1) is 28.3. The molecular weight excluding hydrogens is 462 g/mol. The van der Waals surface area contributed by atoms with Gasteiger partial charge in [-0.15, -0.1) is 0 Å². The van der Waals surface area contributed by atoms with Crippen molar-refractivity contribution in [2.24, 2.45) is 45.3 Å². The van der Waals surface area contributed by atoms with Crippen LogP contribution in [0.25, 0.3) is 0 Å². The standard InChI is InChI=1S/C36H57NO/c1-24(2)30(37-26-12-10-9-11-13-26)16-14-25(3)27-18-22-36(8)29-15-17-31-33(4,5)32(38)20-21-34(31,6)28(29)19-23-35(27,36)7/h9-13,24-25,27,30-32,37-38H,14-23H2,1-8H3. The summed E-state index contributed by atoms with van der Waals surface area (Å²) in [5, 5.41) is 14.8. The van der Waals surface area contributed by atoms with E-state index in [1.54, 1.807) is 0 Å². The van der Waals surface area contributed by atoms with Gasteiger partial charge in [-0.3, -0.25) is 0 Å². The average molecular weight is 520 g/mol. The van der Waals surface area contributed by atoms with Crippen LogP contribution in [0.15, 0.2) is 41.5 Å². The lowest BCUT2D eigenvalue weighted by molar-refractivity contribution is -0.0962. The monoisotopic (exact) mass is 519 g/mol. The van der Waals surface area contributed by atoms with Crippen molar-refractivity contribution in [1.29, 1.82) is 0 Å². The Morgan fingerprint density at radius 2 is 1.55 bits per heavy atom. The first-order chi connectivity index (χ1) is 17.8. The molecule has 2 heteroatoms. The van der Waals surface area contributed by atoms with Crippen molar-refractivity contribution in [1.82, 2.24) is 0 Å². The molecule has 4 aliphatic carbocycles. The van der Waals surface area contributed by atoms with Crippen LogP contribution in [0.2, 0.25) is 0 Å². The lowest BCUT2D eigenvalue weighted by Gasteiger charge is -2.62. The topological polar surface area (TPSA) is 32.3 Å². The fourth-order valence-electron chi connectivity index (χ4n) is 10.6. The zero-order chi connectivity index (χ0) is 27.5. The number of anilines is 1. The normalized spacial score (nSPS) is 39.8. The molecule has 0 heterocycles. The molecule has 2 N–H and O–H groups in total. The summed E-state index contributed by atoms with van der Waals surface area (Å²) >= 11 is 0. The number of aliphatic hydroxyl groups excluding tert-OH is 1. The summed E-state index contributed by atoms with van der Waals surface area (Å²) < 4.78 is 0. The van der Waals surface area contributed by atoms with Crippen molar-refractivity contribution in [2.45, 2.75) is 132 Å². The van der Waals surface area contributed by atoms with Crippen LogP contribution in [0.1, 0.15) is 120 Å². The van der Waals surface area contributed by atoms with Crippen LogP contribution in [0.4, 0.5) is 5.69 Å². The highest BCUT2D eigenvalue weighted by Gasteiger charge is 2.63. The predicted octanol–water partition coefficient (Wildman–Crippen LogP) is 9.65. The van der Waals surface area contributed by atoms with Gasteiger partial charge in [0.1, 0.15) is 0 Å². The van der Waals surface area contributed by atoms with Crippen LogP contribution in [-0.2, 0) is 0 Å². The smallest absolute Gasteiger partial charge is 0.0594 e. The van der Waals surface area contributed by atoms with Gasteiger partial charge in [0.05, 0.1) is 6.10 Å². The number of allylic oxidation sites excluding steroid dienone is 2. The maximum absolute atomic E-state index is 10.9. The zero-order valence-corrected chi connectivity index (χ0v) is 25.9. The van der Waals surface area contributed by atoms with Gasteiger partial charge in [0.25, 0.3) is 0 Å². The highest BCUT2D eigenvalue weighted by Crippen LogP contribution is 2.72. The van der Waals surface area contributed by atoms with E-state index < -0.39 is 0 Å².